The molecule has 0 aliphatic rings. The number of nitrogens with two attached hydrogens (primary N) is 1. The van der Waals surface area contributed by atoms with Gasteiger partial charge in [-0.3, -0.25) is 4.98 Å². The molecule has 1 aromatic carbocycles. The lowest BCUT2D eigenvalue weighted by atomic mass is 9.98. The van der Waals surface area contributed by atoms with Crippen LogP contribution in [0.5, 0.6) is 0 Å². The summed E-state index contributed by atoms with van der Waals surface area (Å²) in [6.07, 6.45) is 3.20. The highest BCUT2D eigenvalue weighted by atomic mass is 19.2. The lowest BCUT2D eigenvalue weighted by molar-refractivity contribution is 0.509. The van der Waals surface area contributed by atoms with Gasteiger partial charge < -0.3 is 5.73 Å². The summed E-state index contributed by atoms with van der Waals surface area (Å²) in [7, 11) is 0. The van der Waals surface area contributed by atoms with Gasteiger partial charge in [-0.05, 0) is 35.9 Å². The monoisotopic (exact) mass is 308 g/mol. The fraction of sp³-hybridized carbons (Fsp3) is 0. The van der Waals surface area contributed by atoms with Crippen molar-refractivity contribution in [2.75, 3.05) is 5.73 Å². The van der Waals surface area contributed by atoms with Crippen LogP contribution in [-0.2, 0) is 0 Å². The fourth-order valence-corrected chi connectivity index (χ4v) is 2.24. The Morgan fingerprint density at radius 1 is 0.957 bits per heavy atom. The van der Waals surface area contributed by atoms with E-state index in [4.69, 9.17) is 5.73 Å². The molecule has 0 atom stereocenters. The third-order valence-electron chi connectivity index (χ3n) is 3.37. The van der Waals surface area contributed by atoms with E-state index in [9.17, 15) is 14.0 Å². The predicted octanol–water partition coefficient (Wildman–Crippen LogP) is 3.54. The molecule has 2 heterocycles. The Kier molecular flexibility index (Phi) is 3.69. The van der Waals surface area contributed by atoms with Gasteiger partial charge in [-0.25, -0.2) is 13.8 Å². The second kappa shape index (κ2) is 5.81. The molecule has 0 spiro atoms. The van der Waals surface area contributed by atoms with Gasteiger partial charge in [0.25, 0.3) is 0 Å². The van der Waals surface area contributed by atoms with Gasteiger partial charge in [0.2, 0.25) is 0 Å². The molecule has 0 fully saturated rings. The van der Waals surface area contributed by atoms with E-state index in [0.29, 0.717) is 16.8 Å². The highest BCUT2D eigenvalue weighted by Crippen LogP contribution is 2.31. The number of anilines is 1. The van der Waals surface area contributed by atoms with Crippen LogP contribution in [0.1, 0.15) is 5.56 Å². The first-order chi connectivity index (χ1) is 11.1. The van der Waals surface area contributed by atoms with Crippen molar-refractivity contribution in [2.45, 2.75) is 0 Å². The maximum absolute atomic E-state index is 13.5. The summed E-state index contributed by atoms with van der Waals surface area (Å²) in [6, 6.07) is 10.5. The molecule has 0 unspecified atom stereocenters. The Balaban J connectivity index is 2.24. The first-order valence-corrected chi connectivity index (χ1v) is 6.66. The highest BCUT2D eigenvalue weighted by molar-refractivity contribution is 5.80. The average molecular weight is 308 g/mol. The molecule has 3 rings (SSSR count). The van der Waals surface area contributed by atoms with Crippen molar-refractivity contribution in [2.24, 2.45) is 0 Å². The molecular formula is C17H10F2N4. The summed E-state index contributed by atoms with van der Waals surface area (Å²) in [5.74, 6) is -1.92. The number of halogens is 2. The zero-order chi connectivity index (χ0) is 16.4. The normalized spacial score (nSPS) is 10.3. The molecule has 0 bridgehead atoms. The molecular weight excluding hydrogens is 298 g/mol. The minimum atomic E-state index is -0.993. The Bertz CT molecular complexity index is 918. The van der Waals surface area contributed by atoms with Crippen LogP contribution in [0.4, 0.5) is 14.6 Å². The van der Waals surface area contributed by atoms with E-state index in [-0.39, 0.29) is 11.4 Å². The largest absolute Gasteiger partial charge is 0.383 e. The zero-order valence-electron chi connectivity index (χ0n) is 11.8. The number of hydrogen-bond acceptors (Lipinski definition) is 4. The first-order valence-electron chi connectivity index (χ1n) is 6.66. The minimum Gasteiger partial charge on any atom is -0.383 e. The van der Waals surface area contributed by atoms with Crippen LogP contribution < -0.4 is 5.73 Å². The van der Waals surface area contributed by atoms with E-state index >= 15 is 0 Å². The standard InChI is InChI=1S/C17H10F2N4/c18-14-2-1-11(7-15(14)19)12-8-16(10-3-5-22-6-4-10)23-17(21)13(12)9-20/h1-8H,(H2,21,23). The summed E-state index contributed by atoms with van der Waals surface area (Å²) in [4.78, 5) is 8.13. The maximum atomic E-state index is 13.5. The molecule has 0 radical (unpaired) electrons. The molecule has 4 nitrogen and oxygen atoms in total. The lowest BCUT2D eigenvalue weighted by Crippen LogP contribution is -2.00. The predicted molar refractivity (Wildman–Crippen MR) is 81.9 cm³/mol. The number of hydrogen-bond donors (Lipinski definition) is 1. The number of rotatable bonds is 2. The molecule has 0 aliphatic carbocycles. The van der Waals surface area contributed by atoms with E-state index in [2.05, 4.69) is 9.97 Å². The van der Waals surface area contributed by atoms with E-state index in [1.54, 1.807) is 30.6 Å². The van der Waals surface area contributed by atoms with Crippen molar-refractivity contribution in [1.82, 2.24) is 9.97 Å². The molecule has 0 aliphatic heterocycles. The zero-order valence-corrected chi connectivity index (χ0v) is 11.8. The van der Waals surface area contributed by atoms with Crippen LogP contribution in [0.3, 0.4) is 0 Å². The van der Waals surface area contributed by atoms with Gasteiger partial charge in [0.15, 0.2) is 11.6 Å². The van der Waals surface area contributed by atoms with E-state index < -0.39 is 11.6 Å². The number of pyridine rings is 2. The van der Waals surface area contributed by atoms with Crippen molar-refractivity contribution in [3.05, 3.63) is 66.0 Å². The van der Waals surface area contributed by atoms with Crippen molar-refractivity contribution in [1.29, 1.82) is 5.26 Å². The number of aromatic nitrogens is 2. The smallest absolute Gasteiger partial charge is 0.159 e. The van der Waals surface area contributed by atoms with Crippen molar-refractivity contribution < 1.29 is 8.78 Å². The van der Waals surface area contributed by atoms with Gasteiger partial charge >= 0.3 is 0 Å². The quantitative estimate of drug-likeness (QED) is 0.785. The van der Waals surface area contributed by atoms with Gasteiger partial charge in [0, 0.05) is 23.5 Å². The summed E-state index contributed by atoms with van der Waals surface area (Å²) in [5.41, 5.74) is 7.99. The minimum absolute atomic E-state index is 0.0292. The maximum Gasteiger partial charge on any atom is 0.159 e. The van der Waals surface area contributed by atoms with Crippen molar-refractivity contribution in [3.63, 3.8) is 0 Å². The van der Waals surface area contributed by atoms with Crippen molar-refractivity contribution in [3.8, 4) is 28.5 Å². The summed E-state index contributed by atoms with van der Waals surface area (Å²) in [6.45, 7) is 0. The second-order valence-electron chi connectivity index (χ2n) is 4.79. The third-order valence-corrected chi connectivity index (χ3v) is 3.37. The van der Waals surface area contributed by atoms with Gasteiger partial charge in [-0.1, -0.05) is 6.07 Å². The molecule has 112 valence electrons. The molecule has 0 saturated heterocycles. The van der Waals surface area contributed by atoms with E-state index in [1.807, 2.05) is 6.07 Å². The third kappa shape index (κ3) is 2.72. The molecule has 0 amide bonds. The van der Waals surface area contributed by atoms with E-state index in [0.717, 1.165) is 17.7 Å². The molecule has 23 heavy (non-hydrogen) atoms. The molecule has 6 heteroatoms. The fourth-order valence-electron chi connectivity index (χ4n) is 2.24. The lowest BCUT2D eigenvalue weighted by Gasteiger charge is -2.10. The Labute approximate surface area is 130 Å². The number of nitrogens with zero attached hydrogens (tertiary/aromatic N) is 3. The van der Waals surface area contributed by atoms with Gasteiger partial charge in [0.05, 0.1) is 5.69 Å². The first kappa shape index (κ1) is 14.6. The van der Waals surface area contributed by atoms with Crippen LogP contribution in [0.25, 0.3) is 22.4 Å². The van der Waals surface area contributed by atoms with Gasteiger partial charge in [-0.2, -0.15) is 5.26 Å². The topological polar surface area (TPSA) is 75.6 Å². The second-order valence-corrected chi connectivity index (χ2v) is 4.79. The number of nitrogen functional groups attached to an aromatic ring is 1. The van der Waals surface area contributed by atoms with Crippen LogP contribution in [0, 0.1) is 23.0 Å². The molecule has 2 N–H and O–H groups in total. The van der Waals surface area contributed by atoms with Crippen LogP contribution in [0.2, 0.25) is 0 Å². The van der Waals surface area contributed by atoms with Crippen LogP contribution in [0.15, 0.2) is 48.8 Å². The molecule has 0 saturated carbocycles. The van der Waals surface area contributed by atoms with Crippen molar-refractivity contribution >= 4 is 5.82 Å². The Hall–Kier alpha value is -3.33. The summed E-state index contributed by atoms with van der Waals surface area (Å²) in [5, 5.41) is 9.30. The average Bonchev–Trinajstić information content (AvgIpc) is 2.57. The SMILES string of the molecule is N#Cc1c(-c2ccc(F)c(F)c2)cc(-c2ccncc2)nc1N. The van der Waals surface area contributed by atoms with Gasteiger partial charge in [0.1, 0.15) is 17.5 Å². The molecule has 2 aromatic heterocycles. The Morgan fingerprint density at radius 3 is 2.35 bits per heavy atom. The van der Waals surface area contributed by atoms with Gasteiger partial charge in [-0.15, -0.1) is 0 Å². The van der Waals surface area contributed by atoms with Crippen LogP contribution in [-0.4, -0.2) is 9.97 Å². The number of benzene rings is 1. The summed E-state index contributed by atoms with van der Waals surface area (Å²) < 4.78 is 26.6. The van der Waals surface area contributed by atoms with Crippen LogP contribution >= 0.6 is 0 Å². The summed E-state index contributed by atoms with van der Waals surface area (Å²) >= 11 is 0. The Morgan fingerprint density at radius 2 is 1.70 bits per heavy atom. The highest BCUT2D eigenvalue weighted by Gasteiger charge is 2.15. The van der Waals surface area contributed by atoms with E-state index in [1.165, 1.54) is 6.07 Å². The molecule has 3 aromatic rings. The number of nitriles is 1.